The molecule has 352 valence electrons. The third-order valence-corrected chi connectivity index (χ3v) is 9.98. The highest BCUT2D eigenvalue weighted by Crippen LogP contribution is 2.29. The highest BCUT2D eigenvalue weighted by Gasteiger charge is 2.44. The summed E-state index contributed by atoms with van der Waals surface area (Å²) in [7, 11) is 0. The number of hydrogen-bond donors (Lipinski definition) is 1. The number of halogens is 1. The number of benzene rings is 1. The van der Waals surface area contributed by atoms with Gasteiger partial charge in [-0.15, -0.1) is 0 Å². The first kappa shape index (κ1) is 59.2. The Kier molecular flexibility index (Phi) is 23.4. The van der Waals surface area contributed by atoms with Gasteiger partial charge in [0.1, 0.15) is 5.82 Å². The first-order valence-electron chi connectivity index (χ1n) is 23.5. The predicted octanol–water partition coefficient (Wildman–Crippen LogP) is 13.5. The van der Waals surface area contributed by atoms with Gasteiger partial charge in [-0.3, -0.25) is 9.80 Å². The Morgan fingerprint density at radius 3 is 1.39 bits per heavy atom. The molecule has 0 atom stereocenters. The van der Waals surface area contributed by atoms with Crippen molar-refractivity contribution in [2.75, 3.05) is 39.4 Å². The molecule has 1 aromatic carbocycles. The molecule has 2 aliphatic rings. The number of ether oxygens (including phenoxy) is 1. The predicted molar refractivity (Wildman–Crippen MR) is 268 cm³/mol. The number of nitrogens with zero attached hydrogens (tertiary/aromatic N) is 2. The van der Waals surface area contributed by atoms with Crippen LogP contribution >= 0.6 is 0 Å². The zero-order valence-electron chi connectivity index (χ0n) is 44.4. The molecule has 4 nitrogen and oxygen atoms in total. The number of unbranched alkanes of at least 4 members (excludes halogenated alkanes) is 2. The monoisotopic (exact) mass is 859 g/mol. The molecule has 0 radical (unpaired) electrons. The first-order chi connectivity index (χ1) is 27.8. The van der Waals surface area contributed by atoms with Gasteiger partial charge in [-0.2, -0.15) is 0 Å². The summed E-state index contributed by atoms with van der Waals surface area (Å²) in [6.07, 6.45) is 7.09. The Morgan fingerprint density at radius 2 is 0.984 bits per heavy atom. The van der Waals surface area contributed by atoms with E-state index >= 15 is 0 Å². The molecule has 0 aliphatic carbocycles. The normalized spacial score (nSPS) is 16.1. The molecule has 5 heteroatoms. The molecule has 1 N–H and O–H groups in total. The van der Waals surface area contributed by atoms with Crippen molar-refractivity contribution in [3.8, 4) is 47.4 Å². The van der Waals surface area contributed by atoms with Crippen LogP contribution in [0.3, 0.4) is 0 Å². The molecule has 0 unspecified atom stereocenters. The van der Waals surface area contributed by atoms with E-state index in [0.29, 0.717) is 13.1 Å². The number of morpholine rings is 1. The summed E-state index contributed by atoms with van der Waals surface area (Å²) >= 11 is 0. The second-order valence-corrected chi connectivity index (χ2v) is 24.6. The molecule has 2 saturated heterocycles. The second-order valence-electron chi connectivity index (χ2n) is 24.6. The Balaban J connectivity index is 0.000000804. The standard InChI is InChI=1S/C17H23F.C14H26.2C13H23NO/c1-16(2,3)12-13-17(4,5)11-10-14-6-8-15(18)9-7-14;1-7-8-9-10-14(5,6)12-11-13(2,3)4;1-11(2,3)7-8-13(15)9-14(10-13)12(4,5)6;1-12(2,3)6-7-13(4,5)14-8-10-15-11-9-14/h6-9H,10-11H2,1-5H3;7-10H2,1-6H3;15H,9-10H2,1-6H3;8-11H2,1-5H3. The largest absolute Gasteiger partial charge is 0.379 e. The highest BCUT2D eigenvalue weighted by atomic mass is 19.1. The topological polar surface area (TPSA) is 35.9 Å². The van der Waals surface area contributed by atoms with Gasteiger partial charge in [0.25, 0.3) is 0 Å². The van der Waals surface area contributed by atoms with E-state index in [-0.39, 0.29) is 49.4 Å². The van der Waals surface area contributed by atoms with Crippen LogP contribution in [0.4, 0.5) is 4.39 Å². The second kappa shape index (κ2) is 24.5. The summed E-state index contributed by atoms with van der Waals surface area (Å²) in [6, 6.07) is 6.73. The molecule has 62 heavy (non-hydrogen) atoms. The van der Waals surface area contributed by atoms with Gasteiger partial charge in [0.15, 0.2) is 5.60 Å². The fourth-order valence-electron chi connectivity index (χ4n) is 5.75. The summed E-state index contributed by atoms with van der Waals surface area (Å²) in [6.45, 7) is 52.4. The van der Waals surface area contributed by atoms with Crippen LogP contribution in [0, 0.1) is 85.7 Å². The number of aliphatic hydroxyl groups is 1. The van der Waals surface area contributed by atoms with Crippen LogP contribution in [0.1, 0.15) is 190 Å². The molecule has 0 saturated carbocycles. The molecule has 0 bridgehead atoms. The van der Waals surface area contributed by atoms with Crippen molar-refractivity contribution in [1.29, 1.82) is 0 Å². The zero-order valence-corrected chi connectivity index (χ0v) is 44.4. The Hall–Kier alpha value is -2.77. The minimum Gasteiger partial charge on any atom is -0.379 e. The third-order valence-electron chi connectivity index (χ3n) is 9.98. The van der Waals surface area contributed by atoms with Crippen molar-refractivity contribution in [1.82, 2.24) is 9.80 Å². The zero-order chi connectivity index (χ0) is 48.5. The van der Waals surface area contributed by atoms with Crippen molar-refractivity contribution in [2.45, 2.75) is 208 Å². The minimum absolute atomic E-state index is 0.00165. The average Bonchev–Trinajstić information content (AvgIpc) is 3.10. The molecule has 2 fully saturated rings. The van der Waals surface area contributed by atoms with E-state index in [9.17, 15) is 9.50 Å². The van der Waals surface area contributed by atoms with Gasteiger partial charge in [0.05, 0.1) is 18.8 Å². The van der Waals surface area contributed by atoms with E-state index in [0.717, 1.165) is 39.1 Å². The maximum Gasteiger partial charge on any atom is 0.150 e. The van der Waals surface area contributed by atoms with Crippen molar-refractivity contribution >= 4 is 0 Å². The minimum atomic E-state index is -0.777. The molecule has 0 spiro atoms. The number of hydrogen-bond acceptors (Lipinski definition) is 4. The van der Waals surface area contributed by atoms with Crippen molar-refractivity contribution in [3.63, 3.8) is 0 Å². The van der Waals surface area contributed by atoms with Crippen LogP contribution in [-0.2, 0) is 11.2 Å². The Labute approximate surface area is 385 Å². The maximum absolute atomic E-state index is 12.8. The molecule has 2 heterocycles. The van der Waals surface area contributed by atoms with Gasteiger partial charge >= 0.3 is 0 Å². The van der Waals surface area contributed by atoms with Crippen molar-refractivity contribution < 1.29 is 14.2 Å². The van der Waals surface area contributed by atoms with Crippen LogP contribution in [0.15, 0.2) is 24.3 Å². The molecular weight excluding hydrogens is 764 g/mol. The summed E-state index contributed by atoms with van der Waals surface area (Å²) in [5, 5.41) is 10.1. The Bertz CT molecular complexity index is 1710. The van der Waals surface area contributed by atoms with Crippen molar-refractivity contribution in [3.05, 3.63) is 35.6 Å². The van der Waals surface area contributed by atoms with E-state index < -0.39 is 5.60 Å². The lowest BCUT2D eigenvalue weighted by Gasteiger charge is -2.50. The lowest BCUT2D eigenvalue weighted by atomic mass is 9.85. The highest BCUT2D eigenvalue weighted by molar-refractivity contribution is 5.24. The van der Waals surface area contributed by atoms with Gasteiger partial charge in [-0.05, 0) is 182 Å². The number of aryl methyl sites for hydroxylation is 1. The first-order valence-corrected chi connectivity index (χ1v) is 23.5. The molecule has 3 rings (SSSR count). The number of β-amino-alcohol motifs (C(OH)–C–C–N with tert-alkyl or cyclic N) is 1. The summed E-state index contributed by atoms with van der Waals surface area (Å²) in [5.74, 6) is 26.1. The van der Waals surface area contributed by atoms with Gasteiger partial charge in [-0.25, -0.2) is 4.39 Å². The van der Waals surface area contributed by atoms with Crippen LogP contribution in [-0.4, -0.2) is 71.0 Å². The van der Waals surface area contributed by atoms with E-state index in [1.807, 2.05) is 12.1 Å². The smallest absolute Gasteiger partial charge is 0.150 e. The van der Waals surface area contributed by atoms with Crippen LogP contribution in [0.5, 0.6) is 0 Å². The Morgan fingerprint density at radius 1 is 0.565 bits per heavy atom. The van der Waals surface area contributed by atoms with E-state index in [2.05, 4.69) is 209 Å². The maximum atomic E-state index is 12.8. The average molecular weight is 859 g/mol. The fraction of sp³-hybridized carbons (Fsp3) is 0.754. The van der Waals surface area contributed by atoms with E-state index in [4.69, 9.17) is 4.74 Å². The van der Waals surface area contributed by atoms with E-state index in [1.54, 1.807) is 0 Å². The van der Waals surface area contributed by atoms with Crippen LogP contribution in [0.2, 0.25) is 0 Å². The molecule has 1 aromatic rings. The molecule has 0 amide bonds. The lowest BCUT2D eigenvalue weighted by molar-refractivity contribution is -0.0939. The molecular formula is C57H95FN2O2. The van der Waals surface area contributed by atoms with Gasteiger partial charge < -0.3 is 9.84 Å². The number of likely N-dealkylation sites (tertiary alicyclic amines) is 1. The molecule has 0 aromatic heterocycles. The summed E-state index contributed by atoms with van der Waals surface area (Å²) in [5.41, 5.74) is 0.940. The van der Waals surface area contributed by atoms with Crippen molar-refractivity contribution in [2.24, 2.45) is 32.5 Å². The van der Waals surface area contributed by atoms with Gasteiger partial charge in [0.2, 0.25) is 0 Å². The summed E-state index contributed by atoms with van der Waals surface area (Å²) in [4.78, 5) is 4.64. The number of rotatable bonds is 8. The van der Waals surface area contributed by atoms with Gasteiger partial charge in [0, 0.05) is 64.2 Å². The van der Waals surface area contributed by atoms with E-state index in [1.165, 1.54) is 43.4 Å². The van der Waals surface area contributed by atoms with Crippen LogP contribution < -0.4 is 0 Å². The van der Waals surface area contributed by atoms with Gasteiger partial charge in [-0.1, -0.05) is 85.7 Å². The molecule has 2 aliphatic heterocycles. The summed E-state index contributed by atoms with van der Waals surface area (Å²) < 4.78 is 18.1. The lowest BCUT2D eigenvalue weighted by Crippen LogP contribution is -2.66. The van der Waals surface area contributed by atoms with Crippen LogP contribution in [0.25, 0.3) is 0 Å². The quantitative estimate of drug-likeness (QED) is 0.209. The SMILES string of the molecule is CC(C)(C)C#CC(C)(C)CCc1ccc(F)cc1.CC(C)(C)C#CC(C)(C)N1CCOCC1.CC(C)(C)C#CC1(O)CN(C(C)(C)C)C1.CCCCCC(C)(C)C#CC(C)(C)C. The third kappa shape index (κ3) is 30.3. The fourth-order valence-corrected chi connectivity index (χ4v) is 5.75.